The van der Waals surface area contributed by atoms with E-state index >= 15 is 0 Å². The molecule has 2 aliphatic carbocycles. The summed E-state index contributed by atoms with van der Waals surface area (Å²) >= 11 is 0. The highest BCUT2D eigenvalue weighted by atomic mass is 16.3. The molecule has 23 heavy (non-hydrogen) atoms. The largest absolute Gasteiger partial charge is 0.393 e. The second-order valence-electron chi connectivity index (χ2n) is 10.3. The van der Waals surface area contributed by atoms with E-state index in [1.165, 1.54) is 19.3 Å². The molecule has 0 heterocycles. The maximum Gasteiger partial charge on any atom is 0.0543 e. The van der Waals surface area contributed by atoms with Crippen LogP contribution in [0.3, 0.4) is 0 Å². The Balaban J connectivity index is 0.000000231. The molecule has 0 spiro atoms. The second-order valence-corrected chi connectivity index (χ2v) is 10.3. The molecular formula is C21H42O2. The van der Waals surface area contributed by atoms with E-state index < -0.39 is 0 Å². The van der Waals surface area contributed by atoms with E-state index in [2.05, 4.69) is 48.5 Å². The van der Waals surface area contributed by atoms with Crippen LogP contribution >= 0.6 is 0 Å². The van der Waals surface area contributed by atoms with Gasteiger partial charge in [-0.2, -0.15) is 0 Å². The topological polar surface area (TPSA) is 40.5 Å². The third kappa shape index (κ3) is 7.13. The highest BCUT2D eigenvalue weighted by Crippen LogP contribution is 2.41. The fourth-order valence-corrected chi connectivity index (χ4v) is 4.60. The SMILES string of the molecule is CC(C)(C)C1CCC(O)CC1.CC1C[C@@H](O)CC[C@@H]1C(C)(C)C. The van der Waals surface area contributed by atoms with Crippen molar-refractivity contribution in [3.63, 3.8) is 0 Å². The highest BCUT2D eigenvalue weighted by molar-refractivity contribution is 4.84. The van der Waals surface area contributed by atoms with Crippen molar-refractivity contribution in [1.29, 1.82) is 0 Å². The number of rotatable bonds is 0. The van der Waals surface area contributed by atoms with Crippen LogP contribution in [-0.4, -0.2) is 22.4 Å². The van der Waals surface area contributed by atoms with Gasteiger partial charge in [0, 0.05) is 0 Å². The molecule has 0 aromatic carbocycles. The predicted octanol–water partition coefficient (Wildman–Crippen LogP) is 5.41. The molecule has 2 nitrogen and oxygen atoms in total. The lowest BCUT2D eigenvalue weighted by Gasteiger charge is -2.40. The Bertz CT molecular complexity index is 329. The molecule has 0 aromatic rings. The number of aliphatic hydroxyl groups is 2. The smallest absolute Gasteiger partial charge is 0.0543 e. The molecular weight excluding hydrogens is 284 g/mol. The van der Waals surface area contributed by atoms with Gasteiger partial charge < -0.3 is 10.2 Å². The lowest BCUT2D eigenvalue weighted by Crippen LogP contribution is -2.34. The zero-order valence-corrected chi connectivity index (χ0v) is 16.7. The Morgan fingerprint density at radius 2 is 1.13 bits per heavy atom. The first-order valence-corrected chi connectivity index (χ1v) is 9.77. The molecule has 1 unspecified atom stereocenters. The van der Waals surface area contributed by atoms with E-state index in [1.54, 1.807) is 0 Å². The third-order valence-corrected chi connectivity index (χ3v) is 6.18. The number of aliphatic hydroxyl groups excluding tert-OH is 2. The molecule has 0 saturated heterocycles. The quantitative estimate of drug-likeness (QED) is 0.624. The van der Waals surface area contributed by atoms with Crippen molar-refractivity contribution in [3.05, 3.63) is 0 Å². The summed E-state index contributed by atoms with van der Waals surface area (Å²) in [6, 6.07) is 0. The van der Waals surface area contributed by atoms with E-state index in [0.717, 1.165) is 37.5 Å². The molecule has 2 heteroatoms. The van der Waals surface area contributed by atoms with Gasteiger partial charge in [-0.1, -0.05) is 48.5 Å². The van der Waals surface area contributed by atoms with Crippen LogP contribution in [0, 0.1) is 28.6 Å². The van der Waals surface area contributed by atoms with E-state index in [9.17, 15) is 10.2 Å². The number of hydrogen-bond donors (Lipinski definition) is 2. The van der Waals surface area contributed by atoms with Gasteiger partial charge in [0.15, 0.2) is 0 Å². The van der Waals surface area contributed by atoms with E-state index in [-0.39, 0.29) is 12.2 Å². The fraction of sp³-hybridized carbons (Fsp3) is 1.00. The molecule has 0 radical (unpaired) electrons. The maximum atomic E-state index is 9.46. The zero-order chi connectivity index (χ0) is 17.8. The second kappa shape index (κ2) is 8.34. The molecule has 2 fully saturated rings. The number of hydrogen-bond acceptors (Lipinski definition) is 2. The zero-order valence-electron chi connectivity index (χ0n) is 16.7. The third-order valence-electron chi connectivity index (χ3n) is 6.18. The van der Waals surface area contributed by atoms with Gasteiger partial charge in [-0.05, 0) is 73.5 Å². The minimum absolute atomic E-state index is 0.00593. The van der Waals surface area contributed by atoms with Crippen molar-refractivity contribution in [2.45, 2.75) is 106 Å². The van der Waals surface area contributed by atoms with Crippen molar-refractivity contribution in [2.75, 3.05) is 0 Å². The first-order chi connectivity index (χ1) is 10.4. The van der Waals surface area contributed by atoms with Gasteiger partial charge in [-0.15, -0.1) is 0 Å². The summed E-state index contributed by atoms with van der Waals surface area (Å²) in [5, 5.41) is 18.8. The summed E-state index contributed by atoms with van der Waals surface area (Å²) in [5.74, 6) is 2.31. The van der Waals surface area contributed by atoms with Crippen LogP contribution in [0.2, 0.25) is 0 Å². The molecule has 3 atom stereocenters. The summed E-state index contributed by atoms with van der Waals surface area (Å²) < 4.78 is 0. The van der Waals surface area contributed by atoms with Crippen molar-refractivity contribution < 1.29 is 10.2 Å². The van der Waals surface area contributed by atoms with Crippen LogP contribution in [0.25, 0.3) is 0 Å². The first kappa shape index (κ1) is 21.0. The Morgan fingerprint density at radius 3 is 1.52 bits per heavy atom. The van der Waals surface area contributed by atoms with Gasteiger partial charge in [0.05, 0.1) is 12.2 Å². The minimum atomic E-state index is -0.0291. The highest BCUT2D eigenvalue weighted by Gasteiger charge is 2.34. The summed E-state index contributed by atoms with van der Waals surface area (Å²) in [4.78, 5) is 0. The average Bonchev–Trinajstić information content (AvgIpc) is 2.37. The maximum absolute atomic E-state index is 9.46. The van der Waals surface area contributed by atoms with Gasteiger partial charge in [-0.25, -0.2) is 0 Å². The van der Waals surface area contributed by atoms with Crippen LogP contribution in [0.15, 0.2) is 0 Å². The summed E-state index contributed by atoms with van der Waals surface area (Å²) in [7, 11) is 0. The van der Waals surface area contributed by atoms with Crippen LogP contribution < -0.4 is 0 Å². The van der Waals surface area contributed by atoms with Crippen LogP contribution in [-0.2, 0) is 0 Å². The first-order valence-electron chi connectivity index (χ1n) is 9.77. The van der Waals surface area contributed by atoms with Crippen LogP contribution in [0.4, 0.5) is 0 Å². The Hall–Kier alpha value is -0.0800. The lowest BCUT2D eigenvalue weighted by atomic mass is 9.66. The van der Waals surface area contributed by atoms with Gasteiger partial charge in [0.1, 0.15) is 0 Å². The van der Waals surface area contributed by atoms with Crippen LogP contribution in [0.1, 0.15) is 93.4 Å². The van der Waals surface area contributed by atoms with Crippen molar-refractivity contribution >= 4 is 0 Å². The lowest BCUT2D eigenvalue weighted by molar-refractivity contribution is 0.0321. The molecule has 2 saturated carbocycles. The molecule has 0 aliphatic heterocycles. The molecule has 138 valence electrons. The summed E-state index contributed by atoms with van der Waals surface area (Å²) in [5.41, 5.74) is 0.861. The molecule has 2 aliphatic rings. The van der Waals surface area contributed by atoms with Gasteiger partial charge >= 0.3 is 0 Å². The standard InChI is InChI=1S/C11H22O.C10H20O/c1-8-7-9(12)5-6-10(8)11(2,3)4;1-10(2,3)8-4-6-9(11)7-5-8/h8-10,12H,5-7H2,1-4H3;8-9,11H,4-7H2,1-3H3/t8?,9-,10-;/m0./s1. The molecule has 2 rings (SSSR count). The van der Waals surface area contributed by atoms with Gasteiger partial charge in [0.2, 0.25) is 0 Å². The monoisotopic (exact) mass is 326 g/mol. The summed E-state index contributed by atoms with van der Waals surface area (Å²) in [6.45, 7) is 16.1. The Kier molecular flexibility index (Phi) is 7.60. The molecule has 2 N–H and O–H groups in total. The average molecular weight is 327 g/mol. The van der Waals surface area contributed by atoms with E-state index in [4.69, 9.17) is 0 Å². The normalized spacial score (nSPS) is 36.1. The molecule has 0 aromatic heterocycles. The minimum Gasteiger partial charge on any atom is -0.393 e. The predicted molar refractivity (Wildman–Crippen MR) is 99.4 cm³/mol. The van der Waals surface area contributed by atoms with Crippen LogP contribution in [0.5, 0.6) is 0 Å². The van der Waals surface area contributed by atoms with Crippen molar-refractivity contribution in [2.24, 2.45) is 28.6 Å². The Labute approximate surface area is 145 Å². The van der Waals surface area contributed by atoms with Crippen molar-refractivity contribution in [3.8, 4) is 0 Å². The molecule has 0 bridgehead atoms. The summed E-state index contributed by atoms with van der Waals surface area (Å²) in [6.07, 6.45) is 7.63. The van der Waals surface area contributed by atoms with E-state index in [1.807, 2.05) is 0 Å². The van der Waals surface area contributed by atoms with Crippen molar-refractivity contribution in [1.82, 2.24) is 0 Å². The van der Waals surface area contributed by atoms with E-state index in [0.29, 0.717) is 16.7 Å². The van der Waals surface area contributed by atoms with Gasteiger partial charge in [-0.3, -0.25) is 0 Å². The Morgan fingerprint density at radius 1 is 0.652 bits per heavy atom. The molecule has 0 amide bonds. The van der Waals surface area contributed by atoms with Gasteiger partial charge in [0.25, 0.3) is 0 Å². The fourth-order valence-electron chi connectivity index (χ4n) is 4.60.